The Balaban J connectivity index is 2.61. The minimum atomic E-state index is -3.78. The summed E-state index contributed by atoms with van der Waals surface area (Å²) in [6.45, 7) is 0.766. The molecule has 0 bridgehead atoms. The molecular weight excluding hydrogens is 234 g/mol. The molecule has 0 aromatic heterocycles. The summed E-state index contributed by atoms with van der Waals surface area (Å²) in [4.78, 5) is -0.0615. The van der Waals surface area contributed by atoms with Crippen LogP contribution >= 0.6 is 0 Å². The van der Waals surface area contributed by atoms with Gasteiger partial charge >= 0.3 is 0 Å². The summed E-state index contributed by atoms with van der Waals surface area (Å²) in [5, 5.41) is 5.03. The lowest BCUT2D eigenvalue weighted by Gasteiger charge is -2.20. The highest BCUT2D eigenvalue weighted by Gasteiger charge is 2.21. The topological polar surface area (TPSA) is 87.9 Å². The van der Waals surface area contributed by atoms with Gasteiger partial charge in [-0.15, -0.1) is 0 Å². The van der Waals surface area contributed by atoms with E-state index in [1.807, 2.05) is 0 Å². The summed E-state index contributed by atoms with van der Waals surface area (Å²) >= 11 is 0. The number of ether oxygens (including phenoxy) is 3. The van der Waals surface area contributed by atoms with Crippen LogP contribution in [0, 0.1) is 0 Å². The zero-order valence-corrected chi connectivity index (χ0v) is 9.41. The zero-order valence-electron chi connectivity index (χ0n) is 8.60. The van der Waals surface area contributed by atoms with Gasteiger partial charge in [-0.05, 0) is 0 Å². The smallest absolute Gasteiger partial charge is 0.238 e. The van der Waals surface area contributed by atoms with Gasteiger partial charge in [-0.2, -0.15) is 0 Å². The van der Waals surface area contributed by atoms with Crippen molar-refractivity contribution >= 4 is 10.0 Å². The van der Waals surface area contributed by atoms with E-state index in [9.17, 15) is 8.42 Å². The molecule has 0 atom stereocenters. The first-order valence-corrected chi connectivity index (χ1v) is 6.07. The third-order valence-corrected chi connectivity index (χ3v) is 3.02. The number of fused-ring (bicyclic) bond motifs is 1. The molecule has 1 aromatic carbocycles. The van der Waals surface area contributed by atoms with Gasteiger partial charge in [-0.25, -0.2) is 13.6 Å². The van der Waals surface area contributed by atoms with Crippen molar-refractivity contribution in [3.8, 4) is 17.2 Å². The Morgan fingerprint density at radius 2 is 2.00 bits per heavy atom. The number of nitrogens with two attached hydrogens (primary N) is 1. The second-order valence-corrected chi connectivity index (χ2v) is 4.76. The molecular formula is C9H11NO5S. The van der Waals surface area contributed by atoms with Crippen LogP contribution in [0.3, 0.4) is 0 Å². The molecule has 1 aliphatic rings. The van der Waals surface area contributed by atoms with E-state index in [2.05, 4.69) is 0 Å². The molecule has 0 fully saturated rings. The van der Waals surface area contributed by atoms with Crippen molar-refractivity contribution in [2.24, 2.45) is 5.14 Å². The van der Waals surface area contributed by atoms with E-state index in [4.69, 9.17) is 19.3 Å². The van der Waals surface area contributed by atoms with Gasteiger partial charge in [0.1, 0.15) is 13.2 Å². The first-order valence-electron chi connectivity index (χ1n) is 4.53. The molecule has 0 aliphatic carbocycles. The maximum Gasteiger partial charge on any atom is 0.238 e. The minimum Gasteiger partial charge on any atom is -0.493 e. The van der Waals surface area contributed by atoms with Crippen molar-refractivity contribution in [3.63, 3.8) is 0 Å². The van der Waals surface area contributed by atoms with Crippen LogP contribution in [0.5, 0.6) is 17.2 Å². The van der Waals surface area contributed by atoms with Crippen molar-refractivity contribution in [2.45, 2.75) is 4.90 Å². The summed E-state index contributed by atoms with van der Waals surface area (Å²) in [6.07, 6.45) is 0. The van der Waals surface area contributed by atoms with Crippen LogP contribution in [0.15, 0.2) is 17.0 Å². The van der Waals surface area contributed by atoms with E-state index in [1.165, 1.54) is 19.2 Å². The highest BCUT2D eigenvalue weighted by Crippen LogP contribution is 2.41. The molecule has 0 unspecified atom stereocenters. The van der Waals surface area contributed by atoms with Gasteiger partial charge in [-0.1, -0.05) is 0 Å². The number of hydrogen-bond donors (Lipinski definition) is 1. The molecule has 88 valence electrons. The molecule has 2 N–H and O–H groups in total. The second kappa shape index (κ2) is 3.84. The Hall–Kier alpha value is -1.47. The van der Waals surface area contributed by atoms with Gasteiger partial charge < -0.3 is 14.2 Å². The highest BCUT2D eigenvalue weighted by atomic mass is 32.2. The normalized spacial score (nSPS) is 14.6. The quantitative estimate of drug-likeness (QED) is 0.799. The predicted molar refractivity (Wildman–Crippen MR) is 55.4 cm³/mol. The molecule has 16 heavy (non-hydrogen) atoms. The lowest BCUT2D eigenvalue weighted by atomic mass is 10.3. The van der Waals surface area contributed by atoms with Crippen LogP contribution < -0.4 is 19.3 Å². The van der Waals surface area contributed by atoms with Gasteiger partial charge in [0.05, 0.1) is 12.0 Å². The Bertz CT molecular complexity index is 494. The summed E-state index contributed by atoms with van der Waals surface area (Å²) in [6, 6.07) is 2.63. The molecule has 0 spiro atoms. The van der Waals surface area contributed by atoms with Gasteiger partial charge in [0.2, 0.25) is 15.8 Å². The fourth-order valence-corrected chi connectivity index (χ4v) is 1.96. The Labute approximate surface area is 93.0 Å². The van der Waals surface area contributed by atoms with E-state index >= 15 is 0 Å². The van der Waals surface area contributed by atoms with Crippen molar-refractivity contribution in [2.75, 3.05) is 20.3 Å². The number of methoxy groups -OCH3 is 1. The summed E-state index contributed by atoms with van der Waals surface area (Å²) in [5.74, 6) is 1.03. The SMILES string of the molecule is COc1cc(S(N)(=O)=O)cc2c1OCCO2. The lowest BCUT2D eigenvalue weighted by molar-refractivity contribution is 0.164. The average Bonchev–Trinajstić information content (AvgIpc) is 2.26. The molecule has 2 rings (SSSR count). The summed E-state index contributed by atoms with van der Waals surface area (Å²) in [5.41, 5.74) is 0. The van der Waals surface area contributed by atoms with Gasteiger partial charge in [0, 0.05) is 12.1 Å². The van der Waals surface area contributed by atoms with Crippen molar-refractivity contribution in [1.29, 1.82) is 0 Å². The van der Waals surface area contributed by atoms with E-state index in [-0.39, 0.29) is 4.90 Å². The van der Waals surface area contributed by atoms with Crippen molar-refractivity contribution < 1.29 is 22.6 Å². The van der Waals surface area contributed by atoms with Crippen LogP contribution in [-0.4, -0.2) is 28.7 Å². The van der Waals surface area contributed by atoms with Crippen molar-refractivity contribution in [1.82, 2.24) is 0 Å². The van der Waals surface area contributed by atoms with E-state index < -0.39 is 10.0 Å². The van der Waals surface area contributed by atoms with Crippen LogP contribution in [0.2, 0.25) is 0 Å². The third-order valence-electron chi connectivity index (χ3n) is 2.13. The molecule has 0 radical (unpaired) electrons. The first kappa shape index (κ1) is 11.0. The van der Waals surface area contributed by atoms with E-state index in [0.717, 1.165) is 0 Å². The molecule has 1 heterocycles. The van der Waals surface area contributed by atoms with Crippen molar-refractivity contribution in [3.05, 3.63) is 12.1 Å². The second-order valence-electron chi connectivity index (χ2n) is 3.19. The number of sulfonamides is 1. The molecule has 1 aromatic rings. The number of rotatable bonds is 2. The molecule has 6 nitrogen and oxygen atoms in total. The molecule has 0 saturated carbocycles. The van der Waals surface area contributed by atoms with Crippen LogP contribution in [0.25, 0.3) is 0 Å². The molecule has 1 aliphatic heterocycles. The van der Waals surface area contributed by atoms with Crippen LogP contribution in [0.4, 0.5) is 0 Å². The van der Waals surface area contributed by atoms with E-state index in [0.29, 0.717) is 30.5 Å². The fraction of sp³-hybridized carbons (Fsp3) is 0.333. The molecule has 0 saturated heterocycles. The predicted octanol–water partition coefficient (Wildman–Crippen LogP) is 0.114. The monoisotopic (exact) mass is 245 g/mol. The number of benzene rings is 1. The number of hydrogen-bond acceptors (Lipinski definition) is 5. The Morgan fingerprint density at radius 1 is 1.31 bits per heavy atom. The number of primary sulfonamides is 1. The molecule has 7 heteroatoms. The first-order chi connectivity index (χ1) is 7.52. The van der Waals surface area contributed by atoms with Gasteiger partial charge in [0.15, 0.2) is 11.5 Å². The largest absolute Gasteiger partial charge is 0.493 e. The maximum atomic E-state index is 11.2. The van der Waals surface area contributed by atoms with E-state index in [1.54, 1.807) is 0 Å². The highest BCUT2D eigenvalue weighted by molar-refractivity contribution is 7.89. The Kier molecular flexibility index (Phi) is 2.64. The Morgan fingerprint density at radius 3 is 2.62 bits per heavy atom. The van der Waals surface area contributed by atoms with Gasteiger partial charge in [0.25, 0.3) is 0 Å². The summed E-state index contributed by atoms with van der Waals surface area (Å²) in [7, 11) is -2.37. The standard InChI is InChI=1S/C9H11NO5S/c1-13-7-4-6(16(10,11)12)5-8-9(7)15-3-2-14-8/h4-5H,2-3H2,1H3,(H2,10,11,12). The minimum absolute atomic E-state index is 0.0615. The van der Waals surface area contributed by atoms with Crippen LogP contribution in [0.1, 0.15) is 0 Å². The van der Waals surface area contributed by atoms with Gasteiger partial charge in [-0.3, -0.25) is 0 Å². The summed E-state index contributed by atoms with van der Waals surface area (Å²) < 4.78 is 38.1. The maximum absolute atomic E-state index is 11.2. The third kappa shape index (κ3) is 1.91. The van der Waals surface area contributed by atoms with Crippen LogP contribution in [-0.2, 0) is 10.0 Å². The lowest BCUT2D eigenvalue weighted by Crippen LogP contribution is -2.18. The average molecular weight is 245 g/mol. The zero-order chi connectivity index (χ0) is 11.8. The fourth-order valence-electron chi connectivity index (χ4n) is 1.41. The molecule has 0 amide bonds.